The second-order valence-electron chi connectivity index (χ2n) is 8.10. The molecule has 0 aromatic heterocycles. The fraction of sp³-hybridized carbons (Fsp3) is 0.600. The zero-order valence-electron chi connectivity index (χ0n) is 17.1. The van der Waals surface area contributed by atoms with Gasteiger partial charge < -0.3 is 29.2 Å². The van der Waals surface area contributed by atoms with Crippen molar-refractivity contribution in [3.8, 4) is 5.75 Å². The van der Waals surface area contributed by atoms with Crippen molar-refractivity contribution < 1.29 is 33.0 Å². The number of benzene rings is 1. The molecule has 1 heterocycles. The van der Waals surface area contributed by atoms with Crippen molar-refractivity contribution in [2.75, 3.05) is 19.6 Å². The van der Waals surface area contributed by atoms with Gasteiger partial charge in [0.25, 0.3) is 0 Å². The quantitative estimate of drug-likeness (QED) is 0.741. The molecule has 0 aliphatic carbocycles. The maximum Gasteiger partial charge on any atom is 0.410 e. The third-order valence-corrected chi connectivity index (χ3v) is 4.86. The van der Waals surface area contributed by atoms with Gasteiger partial charge in [-0.1, -0.05) is 19.1 Å². The SMILES string of the molecule is CCC1(Cc2ccc(OC(F)F)cc2)CN(C(=O)OC(C)(C)C)CCN1C(=O)[O-]. The number of carboxylic acid groups (broad SMARTS) is 1. The molecule has 1 unspecified atom stereocenters. The molecular weight excluding hydrogens is 386 g/mol. The van der Waals surface area contributed by atoms with E-state index in [9.17, 15) is 23.5 Å². The van der Waals surface area contributed by atoms with Crippen LogP contribution >= 0.6 is 0 Å². The molecule has 1 saturated heterocycles. The van der Waals surface area contributed by atoms with E-state index in [2.05, 4.69) is 4.74 Å². The highest BCUT2D eigenvalue weighted by Crippen LogP contribution is 2.31. The van der Waals surface area contributed by atoms with Gasteiger partial charge in [-0.05, 0) is 51.3 Å². The third-order valence-electron chi connectivity index (χ3n) is 4.86. The van der Waals surface area contributed by atoms with Gasteiger partial charge in [0.05, 0.1) is 5.54 Å². The smallest absolute Gasteiger partial charge is 0.410 e. The van der Waals surface area contributed by atoms with Crippen LogP contribution in [-0.2, 0) is 11.2 Å². The molecule has 0 N–H and O–H groups in total. The lowest BCUT2D eigenvalue weighted by Gasteiger charge is -2.52. The van der Waals surface area contributed by atoms with Gasteiger partial charge >= 0.3 is 12.7 Å². The molecule has 0 saturated carbocycles. The topological polar surface area (TPSA) is 82.1 Å². The molecule has 2 rings (SSSR count). The number of carbonyl (C=O) groups is 2. The second kappa shape index (κ2) is 8.84. The minimum Gasteiger partial charge on any atom is -0.530 e. The predicted molar refractivity (Wildman–Crippen MR) is 99.7 cm³/mol. The van der Waals surface area contributed by atoms with Crippen molar-refractivity contribution in [3.05, 3.63) is 29.8 Å². The molecule has 2 amide bonds. The fourth-order valence-electron chi connectivity index (χ4n) is 3.49. The molecule has 1 aromatic rings. The Morgan fingerprint density at radius 3 is 2.31 bits per heavy atom. The Balaban J connectivity index is 2.25. The molecule has 0 radical (unpaired) electrons. The van der Waals surface area contributed by atoms with Crippen molar-refractivity contribution >= 4 is 12.2 Å². The van der Waals surface area contributed by atoms with Gasteiger partial charge in [0.15, 0.2) is 0 Å². The van der Waals surface area contributed by atoms with Gasteiger partial charge in [0.2, 0.25) is 0 Å². The third kappa shape index (κ3) is 5.95. The monoisotopic (exact) mass is 413 g/mol. The lowest BCUT2D eigenvalue weighted by Crippen LogP contribution is -2.67. The number of rotatable bonds is 5. The summed E-state index contributed by atoms with van der Waals surface area (Å²) in [5.74, 6) is 0.0186. The maximum atomic E-state index is 12.5. The molecule has 7 nitrogen and oxygen atoms in total. The molecule has 1 atom stereocenters. The van der Waals surface area contributed by atoms with Gasteiger partial charge in [0.1, 0.15) is 17.4 Å². The minimum absolute atomic E-state index is 0.0186. The van der Waals surface area contributed by atoms with Crippen LogP contribution in [-0.4, -0.2) is 59.4 Å². The first-order valence-corrected chi connectivity index (χ1v) is 9.46. The summed E-state index contributed by atoms with van der Waals surface area (Å²) in [6.45, 7) is 4.64. The number of nitrogens with zero attached hydrogens (tertiary/aromatic N) is 2. The first-order valence-electron chi connectivity index (χ1n) is 9.46. The summed E-state index contributed by atoms with van der Waals surface area (Å²) in [7, 11) is 0. The average molecular weight is 413 g/mol. The largest absolute Gasteiger partial charge is 0.530 e. The number of piperazine rings is 1. The van der Waals surface area contributed by atoms with Crippen LogP contribution in [0.2, 0.25) is 0 Å². The lowest BCUT2D eigenvalue weighted by molar-refractivity contribution is -0.274. The van der Waals surface area contributed by atoms with E-state index in [-0.39, 0.29) is 31.8 Å². The van der Waals surface area contributed by atoms with Gasteiger partial charge in [-0.25, -0.2) is 4.79 Å². The zero-order valence-corrected chi connectivity index (χ0v) is 17.1. The minimum atomic E-state index is -2.92. The van der Waals surface area contributed by atoms with Gasteiger partial charge in [0, 0.05) is 19.6 Å². The summed E-state index contributed by atoms with van der Waals surface area (Å²) >= 11 is 0. The Labute approximate surface area is 169 Å². The van der Waals surface area contributed by atoms with Crippen molar-refractivity contribution in [3.63, 3.8) is 0 Å². The summed E-state index contributed by atoms with van der Waals surface area (Å²) in [5.41, 5.74) is -0.859. The van der Waals surface area contributed by atoms with Crippen LogP contribution < -0.4 is 9.84 Å². The number of hydrogen-bond donors (Lipinski definition) is 0. The summed E-state index contributed by atoms with van der Waals surface area (Å²) in [6, 6.07) is 6.02. The van der Waals surface area contributed by atoms with Gasteiger partial charge in [-0.2, -0.15) is 8.78 Å². The summed E-state index contributed by atoms with van der Waals surface area (Å²) in [4.78, 5) is 27.1. The highest BCUT2D eigenvalue weighted by Gasteiger charge is 2.43. The summed E-state index contributed by atoms with van der Waals surface area (Å²) < 4.78 is 34.4. The number of amides is 2. The van der Waals surface area contributed by atoms with Crippen LogP contribution in [0.5, 0.6) is 5.75 Å². The molecule has 1 fully saturated rings. The Bertz CT molecular complexity index is 721. The van der Waals surface area contributed by atoms with Crippen LogP contribution in [0.25, 0.3) is 0 Å². The molecular formula is C20H27F2N2O5-. The number of halogens is 2. The molecule has 1 aliphatic heterocycles. The molecule has 1 aromatic carbocycles. The van der Waals surface area contributed by atoms with E-state index < -0.39 is 29.9 Å². The Hall–Kier alpha value is -2.58. The number of carbonyl (C=O) groups excluding carboxylic acids is 2. The average Bonchev–Trinajstić information content (AvgIpc) is 2.61. The highest BCUT2D eigenvalue weighted by molar-refractivity contribution is 5.70. The van der Waals surface area contributed by atoms with Crippen LogP contribution in [0.3, 0.4) is 0 Å². The van der Waals surface area contributed by atoms with Crippen molar-refractivity contribution in [2.24, 2.45) is 0 Å². The normalized spacial score (nSPS) is 20.0. The first kappa shape index (κ1) is 22.7. The van der Waals surface area contributed by atoms with E-state index >= 15 is 0 Å². The van der Waals surface area contributed by atoms with E-state index in [1.165, 1.54) is 21.9 Å². The molecule has 0 spiro atoms. The van der Waals surface area contributed by atoms with Crippen LogP contribution in [0.15, 0.2) is 24.3 Å². The molecule has 0 bridgehead atoms. The molecule has 9 heteroatoms. The van der Waals surface area contributed by atoms with E-state index in [4.69, 9.17) is 4.74 Å². The van der Waals surface area contributed by atoms with Crippen molar-refractivity contribution in [1.82, 2.24) is 9.80 Å². The highest BCUT2D eigenvalue weighted by atomic mass is 19.3. The standard InChI is InChI=1S/C20H28F2N2O5/c1-5-20(12-14-6-8-15(9-7-14)28-16(21)22)13-23(10-11-24(20)17(25)26)18(27)29-19(2,3)4/h6-9,16H,5,10-13H2,1-4H3,(H,25,26)/p-1. The van der Waals surface area contributed by atoms with E-state index in [1.54, 1.807) is 32.9 Å². The first-order chi connectivity index (χ1) is 13.5. The van der Waals surface area contributed by atoms with Crippen LogP contribution in [0.1, 0.15) is 39.7 Å². The van der Waals surface area contributed by atoms with E-state index in [1.807, 2.05) is 6.92 Å². The second-order valence-corrected chi connectivity index (χ2v) is 8.10. The zero-order chi connectivity index (χ0) is 21.8. The Morgan fingerprint density at radius 2 is 1.83 bits per heavy atom. The van der Waals surface area contributed by atoms with Crippen molar-refractivity contribution in [1.29, 1.82) is 0 Å². The summed E-state index contributed by atoms with van der Waals surface area (Å²) in [6.07, 6.45) is -1.11. The Morgan fingerprint density at radius 1 is 1.21 bits per heavy atom. The van der Waals surface area contributed by atoms with Gasteiger partial charge in [-0.3, -0.25) is 0 Å². The van der Waals surface area contributed by atoms with E-state index in [0.717, 1.165) is 5.56 Å². The van der Waals surface area contributed by atoms with Crippen LogP contribution in [0.4, 0.5) is 18.4 Å². The molecule has 1 aliphatic rings. The van der Waals surface area contributed by atoms with Gasteiger partial charge in [-0.15, -0.1) is 0 Å². The predicted octanol–water partition coefficient (Wildman–Crippen LogP) is 2.88. The van der Waals surface area contributed by atoms with E-state index in [0.29, 0.717) is 6.42 Å². The fourth-order valence-corrected chi connectivity index (χ4v) is 3.49. The summed E-state index contributed by atoms with van der Waals surface area (Å²) in [5, 5.41) is 11.8. The number of hydrogen-bond acceptors (Lipinski definition) is 5. The number of alkyl halides is 2. The van der Waals surface area contributed by atoms with Crippen molar-refractivity contribution in [2.45, 2.75) is 58.3 Å². The molecule has 162 valence electrons. The maximum absolute atomic E-state index is 12.5. The van der Waals surface area contributed by atoms with Crippen LogP contribution in [0, 0.1) is 0 Å². The Kier molecular flexibility index (Phi) is 6.92. The lowest BCUT2D eigenvalue weighted by atomic mass is 9.84. The molecule has 29 heavy (non-hydrogen) atoms. The number of ether oxygens (including phenoxy) is 2.